The summed E-state index contributed by atoms with van der Waals surface area (Å²) in [5.41, 5.74) is 6.20. The number of pyridine rings is 2. The van der Waals surface area contributed by atoms with Crippen molar-refractivity contribution in [3.8, 4) is 11.3 Å². The number of benzene rings is 1. The fourth-order valence-corrected chi connectivity index (χ4v) is 3.49. The van der Waals surface area contributed by atoms with Crippen LogP contribution in [0.5, 0.6) is 0 Å². The summed E-state index contributed by atoms with van der Waals surface area (Å²) in [5, 5.41) is 0.858. The van der Waals surface area contributed by atoms with Crippen LogP contribution in [0.25, 0.3) is 22.2 Å². The van der Waals surface area contributed by atoms with Gasteiger partial charge in [-0.1, -0.05) is 12.1 Å². The van der Waals surface area contributed by atoms with Crippen molar-refractivity contribution in [2.45, 2.75) is 27.3 Å². The molecule has 4 rings (SSSR count). The molecule has 0 atom stereocenters. The van der Waals surface area contributed by atoms with Gasteiger partial charge < -0.3 is 4.90 Å². The molecule has 6 nitrogen and oxygen atoms in total. The summed E-state index contributed by atoms with van der Waals surface area (Å²) in [5.74, 6) is -0.0249. The maximum absolute atomic E-state index is 13.6. The van der Waals surface area contributed by atoms with Crippen molar-refractivity contribution in [3.05, 3.63) is 83.7 Å². The summed E-state index contributed by atoms with van der Waals surface area (Å²) in [4.78, 5) is 32.6. The molecule has 0 saturated heterocycles. The molecule has 0 bridgehead atoms. The topological polar surface area (TPSA) is 71.9 Å². The molecule has 150 valence electrons. The third-order valence-corrected chi connectivity index (χ3v) is 5.38. The van der Waals surface area contributed by atoms with Crippen LogP contribution in [0.15, 0.2) is 61.4 Å². The number of carbonyl (C=O) groups is 1. The standard InChI is InChI=1S/C24H23N5O/c1-4-29(14-18-7-9-25-10-8-18)24(30)21-11-22(19-12-26-15-27-13-19)28-23-17(3)16(2)5-6-20(21)23/h5-13,15H,4,14H2,1-3H3. The van der Waals surface area contributed by atoms with Gasteiger partial charge in [0.25, 0.3) is 5.91 Å². The molecule has 0 fully saturated rings. The molecule has 3 aromatic heterocycles. The Morgan fingerprint density at radius 2 is 1.73 bits per heavy atom. The lowest BCUT2D eigenvalue weighted by molar-refractivity contribution is 0.0754. The fraction of sp³-hybridized carbons (Fsp3) is 0.208. The van der Waals surface area contributed by atoms with E-state index in [0.29, 0.717) is 24.3 Å². The monoisotopic (exact) mass is 397 g/mol. The van der Waals surface area contributed by atoms with Crippen LogP contribution in [0.4, 0.5) is 0 Å². The lowest BCUT2D eigenvalue weighted by Gasteiger charge is -2.22. The fourth-order valence-electron chi connectivity index (χ4n) is 3.49. The van der Waals surface area contributed by atoms with Crippen LogP contribution in [0.2, 0.25) is 0 Å². The first kappa shape index (κ1) is 19.6. The summed E-state index contributed by atoms with van der Waals surface area (Å²) in [6, 6.07) is 9.75. The van der Waals surface area contributed by atoms with E-state index in [0.717, 1.165) is 33.2 Å². The zero-order valence-electron chi connectivity index (χ0n) is 17.3. The Kier molecular flexibility index (Phi) is 5.48. The first-order valence-corrected chi connectivity index (χ1v) is 9.93. The number of hydrogen-bond acceptors (Lipinski definition) is 5. The SMILES string of the molecule is CCN(Cc1ccncc1)C(=O)c1cc(-c2cncnc2)nc2c(C)c(C)ccc12. The van der Waals surface area contributed by atoms with E-state index in [1.54, 1.807) is 24.8 Å². The molecule has 30 heavy (non-hydrogen) atoms. The van der Waals surface area contributed by atoms with Crippen molar-refractivity contribution in [1.82, 2.24) is 24.8 Å². The second-order valence-electron chi connectivity index (χ2n) is 7.26. The number of aromatic nitrogens is 4. The Morgan fingerprint density at radius 3 is 2.43 bits per heavy atom. The normalized spacial score (nSPS) is 10.9. The quantitative estimate of drug-likeness (QED) is 0.500. The Balaban J connectivity index is 1.85. The molecule has 0 aliphatic carbocycles. The average molecular weight is 397 g/mol. The van der Waals surface area contributed by atoms with E-state index in [4.69, 9.17) is 4.98 Å². The summed E-state index contributed by atoms with van der Waals surface area (Å²) < 4.78 is 0. The van der Waals surface area contributed by atoms with Gasteiger partial charge in [-0.2, -0.15) is 0 Å². The average Bonchev–Trinajstić information content (AvgIpc) is 2.80. The summed E-state index contributed by atoms with van der Waals surface area (Å²) in [6.07, 6.45) is 8.41. The minimum atomic E-state index is -0.0249. The lowest BCUT2D eigenvalue weighted by atomic mass is 9.99. The maximum atomic E-state index is 13.6. The minimum Gasteiger partial charge on any atom is -0.335 e. The number of aryl methyl sites for hydroxylation is 2. The van der Waals surface area contributed by atoms with Gasteiger partial charge >= 0.3 is 0 Å². The van der Waals surface area contributed by atoms with E-state index < -0.39 is 0 Å². The summed E-state index contributed by atoms with van der Waals surface area (Å²) in [6.45, 7) is 7.20. The Morgan fingerprint density at radius 1 is 1.00 bits per heavy atom. The first-order chi connectivity index (χ1) is 14.6. The molecule has 0 aliphatic heterocycles. The first-order valence-electron chi connectivity index (χ1n) is 9.93. The van der Waals surface area contributed by atoms with E-state index >= 15 is 0 Å². The Hall–Kier alpha value is -3.67. The van der Waals surface area contributed by atoms with E-state index in [1.807, 2.05) is 49.1 Å². The molecular weight excluding hydrogens is 374 g/mol. The van der Waals surface area contributed by atoms with Crippen LogP contribution < -0.4 is 0 Å². The second-order valence-corrected chi connectivity index (χ2v) is 7.26. The van der Waals surface area contributed by atoms with Gasteiger partial charge in [-0.05, 0) is 55.7 Å². The molecule has 0 N–H and O–H groups in total. The van der Waals surface area contributed by atoms with Crippen LogP contribution in [-0.4, -0.2) is 37.3 Å². The molecule has 0 saturated carbocycles. The predicted molar refractivity (Wildman–Crippen MR) is 117 cm³/mol. The highest BCUT2D eigenvalue weighted by Gasteiger charge is 2.20. The van der Waals surface area contributed by atoms with Crippen molar-refractivity contribution in [3.63, 3.8) is 0 Å². The number of amides is 1. The zero-order valence-corrected chi connectivity index (χ0v) is 17.3. The maximum Gasteiger partial charge on any atom is 0.254 e. The van der Waals surface area contributed by atoms with Crippen LogP contribution >= 0.6 is 0 Å². The van der Waals surface area contributed by atoms with Gasteiger partial charge in [0, 0.05) is 48.8 Å². The molecule has 0 spiro atoms. The van der Waals surface area contributed by atoms with Gasteiger partial charge in [-0.3, -0.25) is 9.78 Å². The van der Waals surface area contributed by atoms with Crippen LogP contribution in [-0.2, 0) is 6.54 Å². The third-order valence-electron chi connectivity index (χ3n) is 5.38. The van der Waals surface area contributed by atoms with E-state index in [1.165, 1.54) is 6.33 Å². The highest BCUT2D eigenvalue weighted by molar-refractivity contribution is 6.08. The van der Waals surface area contributed by atoms with Gasteiger partial charge in [0.15, 0.2) is 0 Å². The van der Waals surface area contributed by atoms with Gasteiger partial charge in [0.1, 0.15) is 6.33 Å². The Labute approximate surface area is 175 Å². The summed E-state index contributed by atoms with van der Waals surface area (Å²) in [7, 11) is 0. The molecule has 0 radical (unpaired) electrons. The zero-order chi connectivity index (χ0) is 21.1. The van der Waals surface area contributed by atoms with Crippen LogP contribution in [0.3, 0.4) is 0 Å². The Bertz CT molecular complexity index is 1190. The minimum absolute atomic E-state index is 0.0249. The number of hydrogen-bond donors (Lipinski definition) is 0. The number of nitrogens with zero attached hydrogens (tertiary/aromatic N) is 5. The van der Waals surface area contributed by atoms with Crippen LogP contribution in [0.1, 0.15) is 34.0 Å². The van der Waals surface area contributed by atoms with Gasteiger partial charge in [0.05, 0.1) is 16.8 Å². The molecule has 1 aromatic carbocycles. The molecule has 0 unspecified atom stereocenters. The number of rotatable bonds is 5. The van der Waals surface area contributed by atoms with Gasteiger partial charge in [0.2, 0.25) is 0 Å². The van der Waals surface area contributed by atoms with E-state index in [2.05, 4.69) is 21.9 Å². The molecular formula is C24H23N5O. The van der Waals surface area contributed by atoms with E-state index in [9.17, 15) is 4.79 Å². The highest BCUT2D eigenvalue weighted by Crippen LogP contribution is 2.29. The smallest absolute Gasteiger partial charge is 0.254 e. The highest BCUT2D eigenvalue weighted by atomic mass is 16.2. The van der Waals surface area contributed by atoms with Gasteiger partial charge in [-0.15, -0.1) is 0 Å². The van der Waals surface area contributed by atoms with Crippen molar-refractivity contribution in [2.24, 2.45) is 0 Å². The summed E-state index contributed by atoms with van der Waals surface area (Å²) >= 11 is 0. The number of carbonyl (C=O) groups excluding carboxylic acids is 1. The third kappa shape index (κ3) is 3.76. The largest absolute Gasteiger partial charge is 0.335 e. The van der Waals surface area contributed by atoms with Crippen molar-refractivity contribution < 1.29 is 4.79 Å². The van der Waals surface area contributed by atoms with Crippen LogP contribution in [0, 0.1) is 13.8 Å². The molecule has 4 aromatic rings. The van der Waals surface area contributed by atoms with Crippen molar-refractivity contribution in [2.75, 3.05) is 6.54 Å². The molecule has 3 heterocycles. The van der Waals surface area contributed by atoms with Gasteiger partial charge in [-0.25, -0.2) is 15.0 Å². The van der Waals surface area contributed by atoms with E-state index in [-0.39, 0.29) is 5.91 Å². The molecule has 6 heteroatoms. The van der Waals surface area contributed by atoms with Crippen molar-refractivity contribution >= 4 is 16.8 Å². The predicted octanol–water partition coefficient (Wildman–Crippen LogP) is 4.37. The van der Waals surface area contributed by atoms with Crippen molar-refractivity contribution in [1.29, 1.82) is 0 Å². The lowest BCUT2D eigenvalue weighted by Crippen LogP contribution is -2.30. The molecule has 0 aliphatic rings. The molecule has 1 amide bonds. The number of fused-ring (bicyclic) bond motifs is 1. The second kappa shape index (κ2) is 8.37.